The Kier molecular flexibility index (Phi) is 6.54. The van der Waals surface area contributed by atoms with Gasteiger partial charge in [-0.1, -0.05) is 32.0 Å². The lowest BCUT2D eigenvalue weighted by atomic mass is 9.97. The molecular formula is C26H30N2O5. The molecule has 0 fully saturated rings. The first-order chi connectivity index (χ1) is 15.8. The Morgan fingerprint density at radius 1 is 1.09 bits per heavy atom. The van der Waals surface area contributed by atoms with E-state index in [0.717, 1.165) is 31.2 Å². The second-order valence-corrected chi connectivity index (χ2v) is 8.73. The molecule has 0 radical (unpaired) electrons. The standard InChI is InChI=1S/C26H30N2O5/c1-3-14-9-17-11-19(12-18(17)10-15(14)4-2)27-8-7-16-5-6-22(29)23-20(16)13-21(25(31)28-23)24(30)26(32)33/h5-6,9-10,13,19,24,27,29-30H,3-4,7-8,11-12H2,1-2H3,(H,28,31)(H,32,33). The lowest BCUT2D eigenvalue weighted by molar-refractivity contribution is -0.147. The van der Waals surface area contributed by atoms with Crippen molar-refractivity contribution >= 4 is 16.9 Å². The molecule has 1 heterocycles. The summed E-state index contributed by atoms with van der Waals surface area (Å²) >= 11 is 0. The highest BCUT2D eigenvalue weighted by Crippen LogP contribution is 2.29. The van der Waals surface area contributed by atoms with Gasteiger partial charge in [-0.3, -0.25) is 4.79 Å². The predicted molar refractivity (Wildman–Crippen MR) is 127 cm³/mol. The molecule has 0 saturated heterocycles. The predicted octanol–water partition coefficient (Wildman–Crippen LogP) is 2.78. The maximum absolute atomic E-state index is 12.2. The third-order valence-corrected chi connectivity index (χ3v) is 6.69. The molecule has 7 nitrogen and oxygen atoms in total. The van der Waals surface area contributed by atoms with E-state index in [9.17, 15) is 19.8 Å². The van der Waals surface area contributed by atoms with Gasteiger partial charge in [0, 0.05) is 11.4 Å². The fourth-order valence-electron chi connectivity index (χ4n) is 4.90. The van der Waals surface area contributed by atoms with Crippen LogP contribution in [0.5, 0.6) is 5.75 Å². The highest BCUT2D eigenvalue weighted by atomic mass is 16.4. The molecule has 1 unspecified atom stereocenters. The fraction of sp³-hybridized carbons (Fsp3) is 0.385. The molecule has 0 spiro atoms. The van der Waals surface area contributed by atoms with Crippen molar-refractivity contribution in [2.75, 3.05) is 6.54 Å². The molecule has 0 saturated carbocycles. The number of aromatic nitrogens is 1. The number of nitrogens with one attached hydrogen (secondary N) is 2. The number of pyridine rings is 1. The van der Waals surface area contributed by atoms with Gasteiger partial charge in [0.15, 0.2) is 6.10 Å². The quantitative estimate of drug-likeness (QED) is 0.360. The van der Waals surface area contributed by atoms with Crippen LogP contribution in [-0.2, 0) is 36.9 Å². The number of aliphatic carboxylic acids is 1. The lowest BCUT2D eigenvalue weighted by Crippen LogP contribution is -2.31. The Labute approximate surface area is 192 Å². The van der Waals surface area contributed by atoms with E-state index in [2.05, 4.69) is 36.3 Å². The van der Waals surface area contributed by atoms with Crippen LogP contribution in [0.1, 0.15) is 53.3 Å². The van der Waals surface area contributed by atoms with E-state index in [-0.39, 0.29) is 16.8 Å². The number of benzene rings is 2. The van der Waals surface area contributed by atoms with Crippen LogP contribution in [0.3, 0.4) is 0 Å². The normalized spacial score (nSPS) is 14.5. The van der Waals surface area contributed by atoms with Gasteiger partial charge in [0.1, 0.15) is 5.75 Å². The Morgan fingerprint density at radius 3 is 2.30 bits per heavy atom. The van der Waals surface area contributed by atoms with Crippen LogP contribution in [0, 0.1) is 0 Å². The third-order valence-electron chi connectivity index (χ3n) is 6.69. The van der Waals surface area contributed by atoms with Crippen molar-refractivity contribution in [2.24, 2.45) is 0 Å². The molecule has 174 valence electrons. The number of aromatic hydroxyl groups is 1. The first-order valence-corrected chi connectivity index (χ1v) is 11.5. The lowest BCUT2D eigenvalue weighted by Gasteiger charge is -2.14. The number of phenolic OH excluding ortho intramolecular Hbond substituents is 1. The van der Waals surface area contributed by atoms with Crippen molar-refractivity contribution in [1.29, 1.82) is 0 Å². The number of hydrogen-bond donors (Lipinski definition) is 5. The van der Waals surface area contributed by atoms with Gasteiger partial charge in [-0.15, -0.1) is 0 Å². The van der Waals surface area contributed by atoms with Gasteiger partial charge in [-0.25, -0.2) is 4.79 Å². The number of carbonyl (C=O) groups is 1. The fourth-order valence-corrected chi connectivity index (χ4v) is 4.90. The van der Waals surface area contributed by atoms with E-state index >= 15 is 0 Å². The Bertz CT molecular complexity index is 1230. The number of rotatable bonds is 8. The van der Waals surface area contributed by atoms with Crippen molar-refractivity contribution in [3.8, 4) is 5.75 Å². The first kappa shape index (κ1) is 23.0. The zero-order valence-corrected chi connectivity index (χ0v) is 18.9. The number of aromatic amines is 1. The van der Waals surface area contributed by atoms with Crippen molar-refractivity contribution < 1.29 is 20.1 Å². The number of fused-ring (bicyclic) bond motifs is 2. The van der Waals surface area contributed by atoms with Gasteiger partial charge in [-0.05, 0) is 78.6 Å². The number of aryl methyl sites for hydroxylation is 2. The molecule has 1 aliphatic carbocycles. The van der Waals surface area contributed by atoms with Gasteiger partial charge in [0.05, 0.1) is 11.1 Å². The van der Waals surface area contributed by atoms with E-state index in [1.807, 2.05) is 0 Å². The van der Waals surface area contributed by atoms with Gasteiger partial charge < -0.3 is 25.6 Å². The molecule has 1 aromatic heterocycles. The molecule has 33 heavy (non-hydrogen) atoms. The molecule has 0 aliphatic heterocycles. The Hall–Kier alpha value is -3.16. The van der Waals surface area contributed by atoms with Crippen LogP contribution >= 0.6 is 0 Å². The van der Waals surface area contributed by atoms with Crippen LogP contribution in [0.25, 0.3) is 10.9 Å². The number of aliphatic hydroxyl groups is 1. The van der Waals surface area contributed by atoms with E-state index in [1.165, 1.54) is 34.4 Å². The molecule has 5 N–H and O–H groups in total. The monoisotopic (exact) mass is 450 g/mol. The van der Waals surface area contributed by atoms with Crippen LogP contribution < -0.4 is 10.9 Å². The summed E-state index contributed by atoms with van der Waals surface area (Å²) in [6.07, 6.45) is 2.77. The second kappa shape index (κ2) is 9.37. The summed E-state index contributed by atoms with van der Waals surface area (Å²) in [6, 6.07) is 9.71. The van der Waals surface area contributed by atoms with E-state index in [4.69, 9.17) is 5.11 Å². The summed E-state index contributed by atoms with van der Waals surface area (Å²) in [6.45, 7) is 5.08. The molecule has 0 bridgehead atoms. The average Bonchev–Trinajstić information content (AvgIpc) is 3.20. The zero-order chi connectivity index (χ0) is 23.7. The molecule has 7 heteroatoms. The van der Waals surface area contributed by atoms with Crippen molar-refractivity contribution in [2.45, 2.75) is 58.1 Å². The van der Waals surface area contributed by atoms with Crippen LogP contribution in [-0.4, -0.2) is 38.9 Å². The largest absolute Gasteiger partial charge is 0.506 e. The SMILES string of the molecule is CCc1cc2c(cc1CC)CC(NCCc1ccc(O)c3[nH]c(=O)c(C(O)C(=O)O)cc13)C2. The number of hydrogen-bond acceptors (Lipinski definition) is 5. The molecule has 2 aromatic carbocycles. The average molecular weight is 451 g/mol. The van der Waals surface area contributed by atoms with Gasteiger partial charge in [0.25, 0.3) is 5.56 Å². The highest BCUT2D eigenvalue weighted by molar-refractivity contribution is 5.88. The number of carboxylic acid groups (broad SMARTS) is 1. The molecule has 4 rings (SSSR count). The van der Waals surface area contributed by atoms with E-state index < -0.39 is 17.6 Å². The minimum Gasteiger partial charge on any atom is -0.506 e. The minimum atomic E-state index is -1.93. The summed E-state index contributed by atoms with van der Waals surface area (Å²) in [5.41, 5.74) is 5.81. The van der Waals surface area contributed by atoms with Crippen LogP contribution in [0.15, 0.2) is 35.1 Å². The van der Waals surface area contributed by atoms with Crippen molar-refractivity contribution in [3.63, 3.8) is 0 Å². The Morgan fingerprint density at radius 2 is 1.73 bits per heavy atom. The summed E-state index contributed by atoms with van der Waals surface area (Å²) in [7, 11) is 0. The Balaban J connectivity index is 1.50. The van der Waals surface area contributed by atoms with Gasteiger partial charge in [0.2, 0.25) is 0 Å². The summed E-state index contributed by atoms with van der Waals surface area (Å²) in [4.78, 5) is 25.9. The second-order valence-electron chi connectivity index (χ2n) is 8.73. The zero-order valence-electron chi connectivity index (χ0n) is 18.9. The number of aliphatic hydroxyl groups excluding tert-OH is 1. The van der Waals surface area contributed by atoms with Crippen LogP contribution in [0.4, 0.5) is 0 Å². The maximum atomic E-state index is 12.2. The topological polar surface area (TPSA) is 123 Å². The molecule has 3 aromatic rings. The smallest absolute Gasteiger partial charge is 0.337 e. The summed E-state index contributed by atoms with van der Waals surface area (Å²) < 4.78 is 0. The number of carboxylic acids is 1. The van der Waals surface area contributed by atoms with E-state index in [0.29, 0.717) is 24.4 Å². The third kappa shape index (κ3) is 4.51. The molecule has 1 aliphatic rings. The van der Waals surface area contributed by atoms with E-state index in [1.54, 1.807) is 6.07 Å². The minimum absolute atomic E-state index is 0.0973. The van der Waals surface area contributed by atoms with Gasteiger partial charge in [-0.2, -0.15) is 0 Å². The molecule has 0 amide bonds. The first-order valence-electron chi connectivity index (χ1n) is 11.5. The molecular weight excluding hydrogens is 420 g/mol. The molecule has 1 atom stereocenters. The number of H-pyrrole nitrogens is 1. The number of phenols is 1. The summed E-state index contributed by atoms with van der Waals surface area (Å²) in [5, 5.41) is 33.3. The van der Waals surface area contributed by atoms with Crippen molar-refractivity contribution in [3.05, 3.63) is 74.1 Å². The highest BCUT2D eigenvalue weighted by Gasteiger charge is 2.23. The summed E-state index contributed by atoms with van der Waals surface area (Å²) in [5.74, 6) is -1.60. The van der Waals surface area contributed by atoms with Crippen molar-refractivity contribution in [1.82, 2.24) is 10.3 Å². The van der Waals surface area contributed by atoms with Crippen LogP contribution in [0.2, 0.25) is 0 Å². The maximum Gasteiger partial charge on any atom is 0.337 e. The van der Waals surface area contributed by atoms with Gasteiger partial charge >= 0.3 is 5.97 Å².